The SMILES string of the molecule is CC1(C)c2ccccc2-c2ccc(N(c3ccc(C4(c5ccccc5)CCCCCC4)cc3)c3ccc4c(c3)-c3c(-c5ccccc5)cccc3C4(C)C)cc21. The van der Waals surface area contributed by atoms with Crippen LogP contribution in [0.2, 0.25) is 0 Å². The molecule has 0 bridgehead atoms. The summed E-state index contributed by atoms with van der Waals surface area (Å²) in [5, 5.41) is 0. The van der Waals surface area contributed by atoms with Crippen molar-refractivity contribution in [1.29, 1.82) is 0 Å². The molecule has 0 aromatic heterocycles. The maximum atomic E-state index is 2.52. The minimum atomic E-state index is -0.103. The first-order valence-corrected chi connectivity index (χ1v) is 20.8. The van der Waals surface area contributed by atoms with Gasteiger partial charge in [0.05, 0.1) is 0 Å². The van der Waals surface area contributed by atoms with Gasteiger partial charge in [-0.15, -0.1) is 0 Å². The molecule has 0 radical (unpaired) electrons. The molecule has 1 saturated carbocycles. The van der Waals surface area contributed by atoms with E-state index in [1.807, 2.05) is 0 Å². The van der Waals surface area contributed by atoms with Crippen LogP contribution in [0.5, 0.6) is 0 Å². The molecule has 276 valence electrons. The highest BCUT2D eigenvalue weighted by Gasteiger charge is 2.39. The van der Waals surface area contributed by atoms with Crippen molar-refractivity contribution < 1.29 is 0 Å². The fourth-order valence-corrected chi connectivity index (χ4v) is 10.8. The van der Waals surface area contributed by atoms with Crippen molar-refractivity contribution in [1.82, 2.24) is 0 Å². The second-order valence-corrected chi connectivity index (χ2v) is 17.6. The summed E-state index contributed by atoms with van der Waals surface area (Å²) in [6, 6.07) is 62.3. The van der Waals surface area contributed by atoms with Crippen LogP contribution in [0.3, 0.4) is 0 Å². The largest absolute Gasteiger partial charge is 0.310 e. The number of anilines is 3. The van der Waals surface area contributed by atoms with Gasteiger partial charge >= 0.3 is 0 Å². The average molecular weight is 726 g/mol. The van der Waals surface area contributed by atoms with E-state index >= 15 is 0 Å². The molecule has 0 atom stereocenters. The van der Waals surface area contributed by atoms with Crippen LogP contribution in [0.1, 0.15) is 99.6 Å². The summed E-state index contributed by atoms with van der Waals surface area (Å²) in [5.41, 5.74) is 19.8. The van der Waals surface area contributed by atoms with Gasteiger partial charge in [-0.1, -0.05) is 181 Å². The standard InChI is InChI=1S/C55H51N/c1-53(2)49-33-31-42(36-47(49)52-44(23-17-25-50(52)53)38-18-9-7-10-19-38)56(43-30-32-46-45-22-13-14-24-48(45)54(3,4)51(46)37-43)41-28-26-40(27-29-41)55(34-15-5-6-16-35-55)39-20-11-8-12-21-39/h7-14,17-33,36-37H,5-6,15-16,34-35H2,1-4H3. The lowest BCUT2D eigenvalue weighted by Crippen LogP contribution is -2.27. The normalized spacial score (nSPS) is 16.9. The van der Waals surface area contributed by atoms with Gasteiger partial charge in [0.25, 0.3) is 0 Å². The molecule has 1 fully saturated rings. The van der Waals surface area contributed by atoms with Gasteiger partial charge in [-0.25, -0.2) is 0 Å². The Labute approximate surface area is 333 Å². The maximum absolute atomic E-state index is 2.52. The Hall–Kier alpha value is -5.66. The van der Waals surface area contributed by atoms with Gasteiger partial charge in [-0.05, 0) is 116 Å². The third-order valence-electron chi connectivity index (χ3n) is 13.8. The Morgan fingerprint density at radius 2 is 0.911 bits per heavy atom. The van der Waals surface area contributed by atoms with Gasteiger partial charge in [0.2, 0.25) is 0 Å². The van der Waals surface area contributed by atoms with Gasteiger partial charge < -0.3 is 4.90 Å². The first kappa shape index (κ1) is 34.8. The Morgan fingerprint density at radius 3 is 1.66 bits per heavy atom. The molecule has 0 saturated heterocycles. The van der Waals surface area contributed by atoms with Crippen molar-refractivity contribution in [3.05, 3.63) is 197 Å². The summed E-state index contributed by atoms with van der Waals surface area (Å²) in [6.45, 7) is 9.55. The van der Waals surface area contributed by atoms with Crippen molar-refractivity contribution >= 4 is 17.1 Å². The third kappa shape index (κ3) is 5.35. The first-order valence-electron chi connectivity index (χ1n) is 20.8. The van der Waals surface area contributed by atoms with Crippen LogP contribution < -0.4 is 4.90 Å². The molecule has 0 spiro atoms. The molecular weight excluding hydrogens is 675 g/mol. The zero-order chi connectivity index (χ0) is 38.1. The second kappa shape index (κ2) is 13.2. The third-order valence-corrected chi connectivity index (χ3v) is 13.8. The van der Waals surface area contributed by atoms with E-state index in [9.17, 15) is 0 Å². The molecule has 0 aliphatic heterocycles. The van der Waals surface area contributed by atoms with Crippen molar-refractivity contribution in [2.75, 3.05) is 4.90 Å². The van der Waals surface area contributed by atoms with Crippen LogP contribution >= 0.6 is 0 Å². The number of nitrogens with zero attached hydrogens (tertiary/aromatic N) is 1. The van der Waals surface area contributed by atoms with Crippen LogP contribution in [-0.2, 0) is 16.2 Å². The zero-order valence-corrected chi connectivity index (χ0v) is 33.3. The second-order valence-electron chi connectivity index (χ2n) is 17.6. The van der Waals surface area contributed by atoms with Crippen LogP contribution in [-0.4, -0.2) is 0 Å². The molecule has 7 aromatic rings. The van der Waals surface area contributed by atoms with Crippen molar-refractivity contribution in [3.63, 3.8) is 0 Å². The first-order chi connectivity index (χ1) is 27.3. The lowest BCUT2D eigenvalue weighted by molar-refractivity contribution is 0.446. The molecule has 0 amide bonds. The zero-order valence-electron chi connectivity index (χ0n) is 33.3. The lowest BCUT2D eigenvalue weighted by atomic mass is 9.69. The number of rotatable bonds is 6. The number of benzene rings is 7. The van der Waals surface area contributed by atoms with Gasteiger partial charge in [0.15, 0.2) is 0 Å². The van der Waals surface area contributed by atoms with E-state index < -0.39 is 0 Å². The van der Waals surface area contributed by atoms with Crippen LogP contribution in [0.25, 0.3) is 33.4 Å². The molecule has 10 rings (SSSR count). The van der Waals surface area contributed by atoms with Crippen LogP contribution in [0.15, 0.2) is 164 Å². The topological polar surface area (TPSA) is 3.24 Å². The Balaban J connectivity index is 1.15. The monoisotopic (exact) mass is 725 g/mol. The van der Waals surface area contributed by atoms with E-state index in [2.05, 4.69) is 196 Å². The number of fused-ring (bicyclic) bond motifs is 6. The van der Waals surface area contributed by atoms with E-state index in [-0.39, 0.29) is 16.2 Å². The molecule has 1 nitrogen and oxygen atoms in total. The molecule has 3 aliphatic carbocycles. The highest BCUT2D eigenvalue weighted by Crippen LogP contribution is 2.55. The Kier molecular flexibility index (Phi) is 8.22. The summed E-state index contributed by atoms with van der Waals surface area (Å²) < 4.78 is 0. The van der Waals surface area contributed by atoms with Crippen LogP contribution in [0.4, 0.5) is 17.1 Å². The molecule has 0 N–H and O–H groups in total. The summed E-state index contributed by atoms with van der Waals surface area (Å²) in [6.07, 6.45) is 7.59. The van der Waals surface area contributed by atoms with E-state index in [0.29, 0.717) is 0 Å². The summed E-state index contributed by atoms with van der Waals surface area (Å²) in [7, 11) is 0. The van der Waals surface area contributed by atoms with Gasteiger partial charge in [-0.2, -0.15) is 0 Å². The summed E-state index contributed by atoms with van der Waals surface area (Å²) >= 11 is 0. The smallest absolute Gasteiger partial charge is 0.0468 e. The highest BCUT2D eigenvalue weighted by molar-refractivity contribution is 5.95. The van der Waals surface area contributed by atoms with E-state index in [0.717, 1.165) is 0 Å². The summed E-state index contributed by atoms with van der Waals surface area (Å²) in [4.78, 5) is 2.52. The Bertz CT molecular complexity index is 2570. The molecular formula is C55H51N. The van der Waals surface area contributed by atoms with Gasteiger partial charge in [0.1, 0.15) is 0 Å². The quantitative estimate of drug-likeness (QED) is 0.154. The van der Waals surface area contributed by atoms with Crippen molar-refractivity contribution in [2.24, 2.45) is 0 Å². The lowest BCUT2D eigenvalue weighted by Gasteiger charge is -2.35. The van der Waals surface area contributed by atoms with Crippen molar-refractivity contribution in [3.8, 4) is 33.4 Å². The predicted molar refractivity (Wildman–Crippen MR) is 237 cm³/mol. The number of hydrogen-bond donors (Lipinski definition) is 0. The van der Waals surface area contributed by atoms with E-state index in [1.54, 1.807) is 0 Å². The molecule has 0 heterocycles. The maximum Gasteiger partial charge on any atom is 0.0468 e. The Morgan fingerprint density at radius 1 is 0.375 bits per heavy atom. The fourth-order valence-electron chi connectivity index (χ4n) is 10.8. The average Bonchev–Trinajstić information content (AvgIpc) is 3.44. The van der Waals surface area contributed by atoms with E-state index in [4.69, 9.17) is 0 Å². The van der Waals surface area contributed by atoms with Gasteiger partial charge in [-0.3, -0.25) is 0 Å². The molecule has 56 heavy (non-hydrogen) atoms. The minimum absolute atomic E-state index is 0.0428. The molecule has 7 aromatic carbocycles. The predicted octanol–water partition coefficient (Wildman–Crippen LogP) is 15.1. The number of hydrogen-bond acceptors (Lipinski definition) is 1. The van der Waals surface area contributed by atoms with Gasteiger partial charge in [0, 0.05) is 33.3 Å². The summed E-state index contributed by atoms with van der Waals surface area (Å²) in [5.74, 6) is 0. The fraction of sp³-hybridized carbons (Fsp3) is 0.236. The molecule has 1 heteroatoms. The minimum Gasteiger partial charge on any atom is -0.310 e. The van der Waals surface area contributed by atoms with E-state index in [1.165, 1.54) is 122 Å². The van der Waals surface area contributed by atoms with Crippen LogP contribution in [0, 0.1) is 0 Å². The molecule has 3 aliphatic rings. The van der Waals surface area contributed by atoms with Crippen molar-refractivity contribution in [2.45, 2.75) is 82.5 Å². The molecule has 0 unspecified atom stereocenters. The highest BCUT2D eigenvalue weighted by atomic mass is 15.1.